The molecule has 17 heavy (non-hydrogen) atoms. The fourth-order valence-electron chi connectivity index (χ4n) is 1.18. The first kappa shape index (κ1) is 11.9. The first-order valence-corrected chi connectivity index (χ1v) is 6.07. The van der Waals surface area contributed by atoms with E-state index in [9.17, 15) is 4.79 Å². The van der Waals surface area contributed by atoms with E-state index >= 15 is 0 Å². The van der Waals surface area contributed by atoms with E-state index < -0.39 is 0 Å². The minimum Gasteiger partial charge on any atom is -0.345 e. The predicted octanol–water partition coefficient (Wildman–Crippen LogP) is 1.82. The molecule has 2 heterocycles. The van der Waals surface area contributed by atoms with Gasteiger partial charge in [0.2, 0.25) is 0 Å². The van der Waals surface area contributed by atoms with Gasteiger partial charge in [0.15, 0.2) is 0 Å². The van der Waals surface area contributed by atoms with E-state index in [1.54, 1.807) is 11.3 Å². The van der Waals surface area contributed by atoms with E-state index in [1.807, 2.05) is 12.3 Å². The lowest BCUT2D eigenvalue weighted by Gasteiger charge is -2.01. The van der Waals surface area contributed by atoms with Crippen molar-refractivity contribution in [2.24, 2.45) is 0 Å². The molecule has 2 aromatic rings. The van der Waals surface area contributed by atoms with Gasteiger partial charge in [0.1, 0.15) is 10.8 Å². The summed E-state index contributed by atoms with van der Waals surface area (Å²) in [5.74, 6) is -0.292. The summed E-state index contributed by atoms with van der Waals surface area (Å²) < 4.78 is 0. The maximum absolute atomic E-state index is 11.7. The Hall–Kier alpha value is -1.53. The van der Waals surface area contributed by atoms with Gasteiger partial charge in [-0.25, -0.2) is 15.0 Å². The molecule has 2 rings (SSSR count). The highest BCUT2D eigenvalue weighted by Crippen LogP contribution is 2.07. The third-order valence-corrected chi connectivity index (χ3v) is 2.97. The molecule has 1 amide bonds. The number of halogens is 1. The van der Waals surface area contributed by atoms with Crippen LogP contribution in [0.1, 0.15) is 21.2 Å². The lowest BCUT2D eigenvalue weighted by Crippen LogP contribution is -2.24. The number of carbonyl (C=O) groups is 1. The number of hydrogen-bond donors (Lipinski definition) is 1. The standard InChI is InChI=1S/C10H9ClN4OS/c1-6-15-7(5-17-6)2-14-10(16)8-3-13-9(11)4-12-8/h3-5H,2H2,1H3,(H,14,16). The number of rotatable bonds is 3. The molecule has 1 N–H and O–H groups in total. The average Bonchev–Trinajstić information content (AvgIpc) is 2.73. The van der Waals surface area contributed by atoms with Crippen molar-refractivity contribution < 1.29 is 4.79 Å². The maximum atomic E-state index is 11.7. The minimum atomic E-state index is -0.292. The van der Waals surface area contributed by atoms with Crippen LogP contribution in [0.15, 0.2) is 17.8 Å². The molecule has 0 unspecified atom stereocenters. The molecule has 7 heteroatoms. The Bertz CT molecular complexity index is 525. The number of nitrogens with one attached hydrogen (secondary N) is 1. The van der Waals surface area contributed by atoms with Gasteiger partial charge in [-0.15, -0.1) is 11.3 Å². The third kappa shape index (κ3) is 3.21. The smallest absolute Gasteiger partial charge is 0.271 e. The Morgan fingerprint density at radius 1 is 1.47 bits per heavy atom. The fourth-order valence-corrected chi connectivity index (χ4v) is 1.89. The highest BCUT2D eigenvalue weighted by Gasteiger charge is 2.08. The van der Waals surface area contributed by atoms with Crippen LogP contribution >= 0.6 is 22.9 Å². The fraction of sp³-hybridized carbons (Fsp3) is 0.200. The van der Waals surface area contributed by atoms with Crippen molar-refractivity contribution in [3.8, 4) is 0 Å². The van der Waals surface area contributed by atoms with Gasteiger partial charge in [-0.1, -0.05) is 11.6 Å². The molecule has 0 aliphatic carbocycles. The number of aromatic nitrogens is 3. The van der Waals surface area contributed by atoms with Gasteiger partial charge in [-0.05, 0) is 6.92 Å². The van der Waals surface area contributed by atoms with E-state index in [4.69, 9.17) is 11.6 Å². The van der Waals surface area contributed by atoms with Crippen molar-refractivity contribution in [2.45, 2.75) is 13.5 Å². The SMILES string of the molecule is Cc1nc(CNC(=O)c2cnc(Cl)cn2)cs1. The summed E-state index contributed by atoms with van der Waals surface area (Å²) in [6, 6.07) is 0. The number of nitrogens with zero attached hydrogens (tertiary/aromatic N) is 3. The van der Waals surface area contributed by atoms with Crippen molar-refractivity contribution in [1.82, 2.24) is 20.3 Å². The molecule has 5 nitrogen and oxygen atoms in total. The zero-order valence-electron chi connectivity index (χ0n) is 8.98. The number of carbonyl (C=O) groups excluding carboxylic acids is 1. The molecule has 0 fully saturated rings. The Balaban J connectivity index is 1.95. The monoisotopic (exact) mass is 268 g/mol. The van der Waals surface area contributed by atoms with Crippen LogP contribution in [0, 0.1) is 6.92 Å². The molecular formula is C10H9ClN4OS. The third-order valence-electron chi connectivity index (χ3n) is 1.95. The van der Waals surface area contributed by atoms with E-state index in [0.29, 0.717) is 6.54 Å². The average molecular weight is 269 g/mol. The molecule has 0 saturated carbocycles. The van der Waals surface area contributed by atoms with Crippen LogP contribution in [0.5, 0.6) is 0 Å². The van der Waals surface area contributed by atoms with Crippen LogP contribution < -0.4 is 5.32 Å². The van der Waals surface area contributed by atoms with Crippen LogP contribution in [-0.2, 0) is 6.54 Å². The second-order valence-electron chi connectivity index (χ2n) is 3.26. The summed E-state index contributed by atoms with van der Waals surface area (Å²) >= 11 is 7.12. The van der Waals surface area contributed by atoms with Crippen LogP contribution in [0.25, 0.3) is 0 Å². The molecule has 0 aliphatic heterocycles. The zero-order valence-corrected chi connectivity index (χ0v) is 10.5. The first-order chi connectivity index (χ1) is 8.15. The van der Waals surface area contributed by atoms with Crippen LogP contribution in [0.2, 0.25) is 5.15 Å². The summed E-state index contributed by atoms with van der Waals surface area (Å²) in [4.78, 5) is 23.6. The maximum Gasteiger partial charge on any atom is 0.271 e. The highest BCUT2D eigenvalue weighted by molar-refractivity contribution is 7.09. The van der Waals surface area contributed by atoms with Gasteiger partial charge in [-0.3, -0.25) is 4.79 Å². The Morgan fingerprint density at radius 2 is 2.29 bits per heavy atom. The lowest BCUT2D eigenvalue weighted by atomic mass is 10.4. The summed E-state index contributed by atoms with van der Waals surface area (Å²) in [5.41, 5.74) is 1.07. The molecule has 0 aliphatic rings. The molecule has 0 spiro atoms. The summed E-state index contributed by atoms with van der Waals surface area (Å²) in [6.45, 7) is 2.30. The van der Waals surface area contributed by atoms with E-state index in [2.05, 4.69) is 20.3 Å². The van der Waals surface area contributed by atoms with Crippen LogP contribution in [0.3, 0.4) is 0 Å². The van der Waals surface area contributed by atoms with Crippen molar-refractivity contribution in [3.05, 3.63) is 39.3 Å². The molecule has 2 aromatic heterocycles. The Kier molecular flexibility index (Phi) is 3.65. The van der Waals surface area contributed by atoms with Crippen LogP contribution in [-0.4, -0.2) is 20.9 Å². The number of amides is 1. The van der Waals surface area contributed by atoms with Gasteiger partial charge >= 0.3 is 0 Å². The van der Waals surface area contributed by atoms with E-state index in [1.165, 1.54) is 12.4 Å². The molecule has 0 radical (unpaired) electrons. The highest BCUT2D eigenvalue weighted by atomic mass is 35.5. The number of thiazole rings is 1. The summed E-state index contributed by atoms with van der Waals surface area (Å²) in [6.07, 6.45) is 2.67. The molecule has 0 saturated heterocycles. The minimum absolute atomic E-state index is 0.237. The molecule has 0 atom stereocenters. The lowest BCUT2D eigenvalue weighted by molar-refractivity contribution is 0.0945. The van der Waals surface area contributed by atoms with Gasteiger partial charge in [-0.2, -0.15) is 0 Å². The normalized spacial score (nSPS) is 10.2. The Labute approximate surface area is 107 Å². The summed E-state index contributed by atoms with van der Waals surface area (Å²) in [7, 11) is 0. The second-order valence-corrected chi connectivity index (χ2v) is 4.71. The largest absolute Gasteiger partial charge is 0.345 e. The number of hydrogen-bond acceptors (Lipinski definition) is 5. The second kappa shape index (κ2) is 5.20. The molecule has 0 bridgehead atoms. The van der Waals surface area contributed by atoms with Crippen molar-refractivity contribution in [3.63, 3.8) is 0 Å². The zero-order chi connectivity index (χ0) is 12.3. The van der Waals surface area contributed by atoms with Crippen molar-refractivity contribution in [1.29, 1.82) is 0 Å². The first-order valence-electron chi connectivity index (χ1n) is 4.82. The molecular weight excluding hydrogens is 260 g/mol. The van der Waals surface area contributed by atoms with E-state index in [-0.39, 0.29) is 16.8 Å². The molecule has 0 aromatic carbocycles. The Morgan fingerprint density at radius 3 is 2.88 bits per heavy atom. The topological polar surface area (TPSA) is 67.8 Å². The molecule has 88 valence electrons. The van der Waals surface area contributed by atoms with Crippen molar-refractivity contribution >= 4 is 28.8 Å². The van der Waals surface area contributed by atoms with Crippen molar-refractivity contribution in [2.75, 3.05) is 0 Å². The quantitative estimate of drug-likeness (QED) is 0.922. The predicted molar refractivity (Wildman–Crippen MR) is 65.1 cm³/mol. The van der Waals surface area contributed by atoms with Crippen LogP contribution in [0.4, 0.5) is 0 Å². The van der Waals surface area contributed by atoms with Gasteiger partial charge in [0.05, 0.1) is 29.6 Å². The van der Waals surface area contributed by atoms with Gasteiger partial charge in [0.25, 0.3) is 5.91 Å². The number of aryl methyl sites for hydroxylation is 1. The summed E-state index contributed by atoms with van der Waals surface area (Å²) in [5, 5.41) is 5.85. The van der Waals surface area contributed by atoms with Gasteiger partial charge < -0.3 is 5.32 Å². The van der Waals surface area contributed by atoms with E-state index in [0.717, 1.165) is 10.7 Å². The van der Waals surface area contributed by atoms with Gasteiger partial charge in [0, 0.05) is 5.38 Å².